The van der Waals surface area contributed by atoms with E-state index >= 15 is 0 Å². The quantitative estimate of drug-likeness (QED) is 0.722. The van der Waals surface area contributed by atoms with Gasteiger partial charge in [-0.3, -0.25) is 9.59 Å². The highest BCUT2D eigenvalue weighted by atomic mass is 16.5. The van der Waals surface area contributed by atoms with Crippen LogP contribution in [0.15, 0.2) is 48.5 Å². The van der Waals surface area contributed by atoms with Crippen molar-refractivity contribution < 1.29 is 19.1 Å². The molecule has 0 aliphatic heterocycles. The highest BCUT2D eigenvalue weighted by Gasteiger charge is 2.09. The maximum Gasteiger partial charge on any atom is 0.233 e. The van der Waals surface area contributed by atoms with Gasteiger partial charge in [0.25, 0.3) is 0 Å². The fraction of sp³-hybridized carbons (Fsp3) is 0.263. The Labute approximate surface area is 147 Å². The molecule has 6 nitrogen and oxygen atoms in total. The van der Waals surface area contributed by atoms with Crippen LogP contribution in [0.25, 0.3) is 0 Å². The lowest BCUT2D eigenvalue weighted by molar-refractivity contribution is -0.126. The summed E-state index contributed by atoms with van der Waals surface area (Å²) in [5.74, 6) is 0.734. The number of hydrogen-bond acceptors (Lipinski definition) is 4. The molecule has 0 unspecified atom stereocenters. The molecule has 2 aromatic carbocycles. The average Bonchev–Trinajstić information content (AvgIpc) is 2.62. The molecule has 0 heterocycles. The average molecular weight is 342 g/mol. The Morgan fingerprint density at radius 2 is 1.60 bits per heavy atom. The van der Waals surface area contributed by atoms with E-state index in [0.717, 1.165) is 11.3 Å². The first kappa shape index (κ1) is 18.3. The fourth-order valence-corrected chi connectivity index (χ4v) is 2.29. The molecule has 2 rings (SSSR count). The van der Waals surface area contributed by atoms with Crippen LogP contribution in [0.4, 0.5) is 5.69 Å². The van der Waals surface area contributed by atoms with Crippen molar-refractivity contribution in [2.45, 2.75) is 12.8 Å². The predicted molar refractivity (Wildman–Crippen MR) is 95.9 cm³/mol. The van der Waals surface area contributed by atoms with Crippen LogP contribution in [-0.2, 0) is 16.0 Å². The monoisotopic (exact) mass is 342 g/mol. The summed E-state index contributed by atoms with van der Waals surface area (Å²) >= 11 is 0. The van der Waals surface area contributed by atoms with Gasteiger partial charge in [0.05, 0.1) is 14.2 Å². The SMILES string of the molecule is COc1cccc(CCNC(=O)CC(=O)Nc2cccc(OC)c2)c1. The van der Waals surface area contributed by atoms with Crippen LogP contribution < -0.4 is 20.1 Å². The zero-order valence-electron chi connectivity index (χ0n) is 14.4. The molecule has 0 aliphatic rings. The molecular formula is C19H22N2O4. The summed E-state index contributed by atoms with van der Waals surface area (Å²) in [6.45, 7) is 0.457. The van der Waals surface area contributed by atoms with Crippen LogP contribution in [0, 0.1) is 0 Å². The molecule has 132 valence electrons. The maximum atomic E-state index is 11.9. The van der Waals surface area contributed by atoms with E-state index in [4.69, 9.17) is 9.47 Å². The van der Waals surface area contributed by atoms with Gasteiger partial charge in [0.2, 0.25) is 11.8 Å². The summed E-state index contributed by atoms with van der Waals surface area (Å²) in [6, 6.07) is 14.6. The number of ether oxygens (including phenoxy) is 2. The van der Waals surface area contributed by atoms with Crippen LogP contribution in [0.3, 0.4) is 0 Å². The van der Waals surface area contributed by atoms with E-state index in [-0.39, 0.29) is 18.2 Å². The molecule has 2 N–H and O–H groups in total. The second-order valence-corrected chi connectivity index (χ2v) is 5.41. The number of hydrogen-bond donors (Lipinski definition) is 2. The molecule has 25 heavy (non-hydrogen) atoms. The lowest BCUT2D eigenvalue weighted by Crippen LogP contribution is -2.29. The Kier molecular flexibility index (Phi) is 6.83. The summed E-state index contributed by atoms with van der Waals surface area (Å²) in [5.41, 5.74) is 1.65. The zero-order chi connectivity index (χ0) is 18.1. The highest BCUT2D eigenvalue weighted by Crippen LogP contribution is 2.16. The van der Waals surface area contributed by atoms with E-state index < -0.39 is 0 Å². The number of carbonyl (C=O) groups excluding carboxylic acids is 2. The molecule has 2 aromatic rings. The standard InChI is InChI=1S/C19H22N2O4/c1-24-16-7-3-5-14(11-16)9-10-20-18(22)13-19(23)21-15-6-4-8-17(12-15)25-2/h3-8,11-12H,9-10,13H2,1-2H3,(H,20,22)(H,21,23). The molecule has 0 bridgehead atoms. The predicted octanol–water partition coefficient (Wildman–Crippen LogP) is 2.39. The second-order valence-electron chi connectivity index (χ2n) is 5.41. The Morgan fingerprint density at radius 3 is 2.32 bits per heavy atom. The van der Waals surface area contributed by atoms with Gasteiger partial charge >= 0.3 is 0 Å². The molecule has 0 radical (unpaired) electrons. The molecule has 2 amide bonds. The Hall–Kier alpha value is -3.02. The van der Waals surface area contributed by atoms with Crippen LogP contribution in [-0.4, -0.2) is 32.6 Å². The summed E-state index contributed by atoms with van der Waals surface area (Å²) < 4.78 is 10.2. The van der Waals surface area contributed by atoms with Crippen molar-refractivity contribution >= 4 is 17.5 Å². The fourth-order valence-electron chi connectivity index (χ4n) is 2.29. The van der Waals surface area contributed by atoms with Gasteiger partial charge in [0.1, 0.15) is 17.9 Å². The molecule has 0 fully saturated rings. The number of anilines is 1. The van der Waals surface area contributed by atoms with Crippen molar-refractivity contribution in [1.29, 1.82) is 0 Å². The third kappa shape index (κ3) is 6.18. The van der Waals surface area contributed by atoms with Gasteiger partial charge in [-0.05, 0) is 36.2 Å². The number of methoxy groups -OCH3 is 2. The molecule has 0 saturated carbocycles. The van der Waals surface area contributed by atoms with E-state index in [9.17, 15) is 9.59 Å². The van der Waals surface area contributed by atoms with Crippen molar-refractivity contribution in [3.8, 4) is 11.5 Å². The Bertz CT molecular complexity index is 731. The topological polar surface area (TPSA) is 76.7 Å². The number of carbonyl (C=O) groups is 2. The first-order chi connectivity index (χ1) is 12.1. The summed E-state index contributed by atoms with van der Waals surface area (Å²) in [5, 5.41) is 5.42. The van der Waals surface area contributed by atoms with Crippen molar-refractivity contribution in [2.75, 3.05) is 26.1 Å². The number of rotatable bonds is 8. The normalized spacial score (nSPS) is 10.0. The van der Waals surface area contributed by atoms with Crippen molar-refractivity contribution in [3.63, 3.8) is 0 Å². The molecule has 6 heteroatoms. The first-order valence-electron chi connectivity index (χ1n) is 7.94. The minimum absolute atomic E-state index is 0.227. The van der Waals surface area contributed by atoms with Gasteiger partial charge < -0.3 is 20.1 Å². The summed E-state index contributed by atoms with van der Waals surface area (Å²) in [4.78, 5) is 23.8. The molecule has 0 saturated heterocycles. The lowest BCUT2D eigenvalue weighted by Gasteiger charge is -2.08. The van der Waals surface area contributed by atoms with Crippen molar-refractivity contribution in [1.82, 2.24) is 5.32 Å². The number of amides is 2. The van der Waals surface area contributed by atoms with Gasteiger partial charge in [0.15, 0.2) is 0 Å². The van der Waals surface area contributed by atoms with Crippen molar-refractivity contribution in [3.05, 3.63) is 54.1 Å². The smallest absolute Gasteiger partial charge is 0.233 e. The minimum Gasteiger partial charge on any atom is -0.497 e. The third-order valence-electron chi connectivity index (χ3n) is 3.54. The van der Waals surface area contributed by atoms with E-state index in [0.29, 0.717) is 24.4 Å². The summed E-state index contributed by atoms with van der Waals surface area (Å²) in [7, 11) is 3.17. The molecule has 0 spiro atoms. The van der Waals surface area contributed by atoms with E-state index in [1.807, 2.05) is 24.3 Å². The maximum absolute atomic E-state index is 11.9. The van der Waals surface area contributed by atoms with Gasteiger partial charge in [-0.1, -0.05) is 18.2 Å². The zero-order valence-corrected chi connectivity index (χ0v) is 14.4. The summed E-state index contributed by atoms with van der Waals surface area (Å²) in [6.07, 6.45) is 0.440. The van der Waals surface area contributed by atoms with Crippen LogP contribution in [0.5, 0.6) is 11.5 Å². The van der Waals surface area contributed by atoms with E-state index in [2.05, 4.69) is 10.6 Å². The number of nitrogens with one attached hydrogen (secondary N) is 2. The van der Waals surface area contributed by atoms with E-state index in [1.165, 1.54) is 0 Å². The molecule has 0 aromatic heterocycles. The third-order valence-corrected chi connectivity index (χ3v) is 3.54. The molecule has 0 aliphatic carbocycles. The number of benzene rings is 2. The Balaban J connectivity index is 1.74. The molecular weight excluding hydrogens is 320 g/mol. The first-order valence-corrected chi connectivity index (χ1v) is 7.94. The second kappa shape index (κ2) is 9.32. The van der Waals surface area contributed by atoms with Crippen molar-refractivity contribution in [2.24, 2.45) is 0 Å². The van der Waals surface area contributed by atoms with Gasteiger partial charge in [0, 0.05) is 18.3 Å². The Morgan fingerprint density at radius 1 is 0.920 bits per heavy atom. The van der Waals surface area contributed by atoms with Gasteiger partial charge in [-0.2, -0.15) is 0 Å². The highest BCUT2D eigenvalue weighted by molar-refractivity contribution is 6.03. The van der Waals surface area contributed by atoms with E-state index in [1.54, 1.807) is 38.5 Å². The van der Waals surface area contributed by atoms with Crippen LogP contribution in [0.1, 0.15) is 12.0 Å². The largest absolute Gasteiger partial charge is 0.497 e. The lowest BCUT2D eigenvalue weighted by atomic mass is 10.1. The molecule has 0 atom stereocenters. The van der Waals surface area contributed by atoms with Gasteiger partial charge in [-0.15, -0.1) is 0 Å². The minimum atomic E-state index is -0.368. The van der Waals surface area contributed by atoms with Crippen LogP contribution in [0.2, 0.25) is 0 Å². The van der Waals surface area contributed by atoms with Gasteiger partial charge in [-0.25, -0.2) is 0 Å². The van der Waals surface area contributed by atoms with Crippen LogP contribution >= 0.6 is 0 Å².